The van der Waals surface area contributed by atoms with Crippen molar-refractivity contribution in [2.45, 2.75) is 6.54 Å². The van der Waals surface area contributed by atoms with E-state index in [1.807, 2.05) is 30.3 Å². The fraction of sp³-hybridized carbons (Fsp3) is 0.200. The van der Waals surface area contributed by atoms with E-state index in [2.05, 4.69) is 20.8 Å². The zero-order chi connectivity index (χ0) is 13.2. The largest absolute Gasteiger partial charge is 0.490 e. The number of benzene rings is 2. The molecule has 0 aromatic heterocycles. The first-order valence-electron chi connectivity index (χ1n) is 6.15. The Morgan fingerprint density at radius 3 is 2.89 bits per heavy atom. The molecular formula is C15H13BrFNO. The minimum Gasteiger partial charge on any atom is -0.490 e. The first-order valence-corrected chi connectivity index (χ1v) is 6.94. The fourth-order valence-corrected chi connectivity index (χ4v) is 2.59. The summed E-state index contributed by atoms with van der Waals surface area (Å²) in [5.74, 6) is 0.691. The quantitative estimate of drug-likeness (QED) is 0.829. The van der Waals surface area contributed by atoms with Crippen molar-refractivity contribution in [2.75, 3.05) is 18.1 Å². The van der Waals surface area contributed by atoms with Crippen molar-refractivity contribution in [3.63, 3.8) is 0 Å². The summed E-state index contributed by atoms with van der Waals surface area (Å²) < 4.78 is 20.3. The van der Waals surface area contributed by atoms with Gasteiger partial charge in [-0.15, -0.1) is 0 Å². The summed E-state index contributed by atoms with van der Waals surface area (Å²) in [7, 11) is 0. The normalized spacial score (nSPS) is 13.9. The van der Waals surface area contributed by atoms with Gasteiger partial charge in [0.15, 0.2) is 0 Å². The minimum atomic E-state index is -0.162. The molecule has 0 bridgehead atoms. The Morgan fingerprint density at radius 1 is 1.21 bits per heavy atom. The van der Waals surface area contributed by atoms with Gasteiger partial charge in [-0.2, -0.15) is 0 Å². The highest BCUT2D eigenvalue weighted by Gasteiger charge is 2.19. The third-order valence-electron chi connectivity index (χ3n) is 3.20. The van der Waals surface area contributed by atoms with E-state index >= 15 is 0 Å². The lowest BCUT2D eigenvalue weighted by Crippen LogP contribution is -2.32. The molecule has 4 heteroatoms. The monoisotopic (exact) mass is 321 g/mol. The fourth-order valence-electron chi connectivity index (χ4n) is 2.24. The molecule has 2 aromatic carbocycles. The molecule has 0 aliphatic carbocycles. The van der Waals surface area contributed by atoms with Gasteiger partial charge in [-0.1, -0.05) is 34.1 Å². The average molecular weight is 322 g/mol. The van der Waals surface area contributed by atoms with E-state index in [1.165, 1.54) is 6.07 Å². The molecule has 3 rings (SSSR count). The zero-order valence-electron chi connectivity index (χ0n) is 10.3. The van der Waals surface area contributed by atoms with Crippen molar-refractivity contribution in [1.82, 2.24) is 0 Å². The van der Waals surface area contributed by atoms with Gasteiger partial charge in [-0.25, -0.2) is 4.39 Å². The van der Waals surface area contributed by atoms with Crippen LogP contribution in [0.1, 0.15) is 5.56 Å². The maximum atomic E-state index is 13.7. The Hall–Kier alpha value is -1.55. The average Bonchev–Trinajstić information content (AvgIpc) is 2.42. The highest BCUT2D eigenvalue weighted by Crippen LogP contribution is 2.35. The van der Waals surface area contributed by atoms with Crippen molar-refractivity contribution in [3.8, 4) is 5.75 Å². The molecule has 0 N–H and O–H groups in total. The van der Waals surface area contributed by atoms with Gasteiger partial charge in [0.2, 0.25) is 0 Å². The Labute approximate surface area is 119 Å². The Morgan fingerprint density at radius 2 is 2.05 bits per heavy atom. The van der Waals surface area contributed by atoms with Gasteiger partial charge in [0.1, 0.15) is 18.2 Å². The molecule has 0 fully saturated rings. The van der Waals surface area contributed by atoms with Crippen LogP contribution in [0.15, 0.2) is 46.9 Å². The van der Waals surface area contributed by atoms with Crippen LogP contribution < -0.4 is 9.64 Å². The lowest BCUT2D eigenvalue weighted by Gasteiger charge is -2.31. The second-order valence-electron chi connectivity index (χ2n) is 4.47. The topological polar surface area (TPSA) is 12.5 Å². The van der Waals surface area contributed by atoms with Crippen LogP contribution in [-0.4, -0.2) is 13.2 Å². The van der Waals surface area contributed by atoms with Gasteiger partial charge >= 0.3 is 0 Å². The number of fused-ring (bicyclic) bond motifs is 1. The molecular weight excluding hydrogens is 309 g/mol. The van der Waals surface area contributed by atoms with E-state index in [1.54, 1.807) is 6.07 Å². The van der Waals surface area contributed by atoms with Crippen LogP contribution in [-0.2, 0) is 6.54 Å². The predicted molar refractivity (Wildman–Crippen MR) is 77.1 cm³/mol. The molecule has 1 aliphatic heterocycles. The third kappa shape index (κ3) is 2.59. The summed E-state index contributed by atoms with van der Waals surface area (Å²) >= 11 is 3.46. The van der Waals surface area contributed by atoms with Crippen LogP contribution in [0.4, 0.5) is 10.1 Å². The smallest absolute Gasteiger partial charge is 0.142 e. The van der Waals surface area contributed by atoms with Gasteiger partial charge in [0, 0.05) is 16.6 Å². The van der Waals surface area contributed by atoms with Crippen molar-refractivity contribution >= 4 is 21.6 Å². The molecule has 98 valence electrons. The van der Waals surface area contributed by atoms with E-state index in [0.717, 1.165) is 22.5 Å². The van der Waals surface area contributed by atoms with Crippen molar-refractivity contribution in [1.29, 1.82) is 0 Å². The summed E-state index contributed by atoms with van der Waals surface area (Å²) in [5, 5.41) is 0. The van der Waals surface area contributed by atoms with Crippen LogP contribution >= 0.6 is 15.9 Å². The van der Waals surface area contributed by atoms with Gasteiger partial charge in [-0.3, -0.25) is 0 Å². The number of ether oxygens (including phenoxy) is 1. The number of anilines is 1. The number of rotatable bonds is 2. The maximum absolute atomic E-state index is 13.7. The molecule has 0 saturated heterocycles. The number of hydrogen-bond acceptors (Lipinski definition) is 2. The Bertz CT molecular complexity index is 602. The highest BCUT2D eigenvalue weighted by molar-refractivity contribution is 9.10. The summed E-state index contributed by atoms with van der Waals surface area (Å²) in [5.41, 5.74) is 1.71. The predicted octanol–water partition coefficient (Wildman–Crippen LogP) is 3.99. The van der Waals surface area contributed by atoms with E-state index in [-0.39, 0.29) is 5.82 Å². The summed E-state index contributed by atoms with van der Waals surface area (Å²) in [6, 6.07) is 12.8. The Kier molecular flexibility index (Phi) is 3.42. The molecule has 0 unspecified atom stereocenters. The van der Waals surface area contributed by atoms with Crippen molar-refractivity contribution < 1.29 is 9.13 Å². The first-order chi connectivity index (χ1) is 9.24. The molecule has 19 heavy (non-hydrogen) atoms. The summed E-state index contributed by atoms with van der Waals surface area (Å²) in [4.78, 5) is 2.14. The molecule has 2 aromatic rings. The first kappa shape index (κ1) is 12.5. The molecule has 2 nitrogen and oxygen atoms in total. The zero-order valence-corrected chi connectivity index (χ0v) is 11.9. The molecule has 0 radical (unpaired) electrons. The van der Waals surface area contributed by atoms with E-state index < -0.39 is 0 Å². The number of nitrogens with zero attached hydrogens (tertiary/aromatic N) is 1. The molecule has 0 spiro atoms. The lowest BCUT2D eigenvalue weighted by molar-refractivity contribution is 0.306. The standard InChI is InChI=1S/C15H13BrFNO/c16-12-5-6-15-14(9-12)18(7-8-19-15)10-11-3-1-2-4-13(11)17/h1-6,9H,7-8,10H2. The highest BCUT2D eigenvalue weighted by atomic mass is 79.9. The summed E-state index contributed by atoms with van der Waals surface area (Å²) in [6.45, 7) is 1.94. The van der Waals surface area contributed by atoms with Crippen molar-refractivity contribution in [3.05, 3.63) is 58.3 Å². The van der Waals surface area contributed by atoms with Gasteiger partial charge < -0.3 is 9.64 Å². The summed E-state index contributed by atoms with van der Waals surface area (Å²) in [6.07, 6.45) is 0. The molecule has 1 aliphatic rings. The second-order valence-corrected chi connectivity index (χ2v) is 5.39. The number of halogens is 2. The van der Waals surface area contributed by atoms with Crippen LogP contribution in [0.2, 0.25) is 0 Å². The second kappa shape index (κ2) is 5.21. The van der Waals surface area contributed by atoms with Crippen LogP contribution in [0.25, 0.3) is 0 Å². The van der Waals surface area contributed by atoms with Crippen molar-refractivity contribution in [2.24, 2.45) is 0 Å². The van der Waals surface area contributed by atoms with Crippen LogP contribution in [0, 0.1) is 5.82 Å². The van der Waals surface area contributed by atoms with Gasteiger partial charge in [-0.05, 0) is 24.3 Å². The molecule has 0 saturated carbocycles. The van der Waals surface area contributed by atoms with Gasteiger partial charge in [0.25, 0.3) is 0 Å². The van der Waals surface area contributed by atoms with E-state index in [4.69, 9.17) is 4.74 Å². The molecule has 1 heterocycles. The number of hydrogen-bond donors (Lipinski definition) is 0. The SMILES string of the molecule is Fc1ccccc1CN1CCOc2ccc(Br)cc21. The van der Waals surface area contributed by atoms with E-state index in [9.17, 15) is 4.39 Å². The third-order valence-corrected chi connectivity index (χ3v) is 3.69. The van der Waals surface area contributed by atoms with Crippen LogP contribution in [0.3, 0.4) is 0 Å². The Balaban J connectivity index is 1.92. The minimum absolute atomic E-state index is 0.162. The van der Waals surface area contributed by atoms with Gasteiger partial charge in [0.05, 0.1) is 12.2 Å². The lowest BCUT2D eigenvalue weighted by atomic mass is 10.1. The molecule has 0 atom stereocenters. The van der Waals surface area contributed by atoms with E-state index in [0.29, 0.717) is 18.7 Å². The molecule has 0 amide bonds. The van der Waals surface area contributed by atoms with Crippen LogP contribution in [0.5, 0.6) is 5.75 Å². The maximum Gasteiger partial charge on any atom is 0.142 e.